The van der Waals surface area contributed by atoms with Crippen LogP contribution in [0.1, 0.15) is 28.4 Å². The lowest BCUT2D eigenvalue weighted by molar-refractivity contribution is -0.133. The first-order valence-electron chi connectivity index (χ1n) is 13.6. The maximum Gasteiger partial charge on any atom is 0.258 e. The number of ether oxygens (including phenoxy) is 1. The molecule has 0 aromatic heterocycles. The number of amides is 3. The van der Waals surface area contributed by atoms with Gasteiger partial charge in [0.05, 0.1) is 42.6 Å². The highest BCUT2D eigenvalue weighted by Gasteiger charge is 2.48. The fraction of sp³-hybridized carbons (Fsp3) is 0.212. The molecule has 1 aliphatic heterocycles. The van der Waals surface area contributed by atoms with Gasteiger partial charge >= 0.3 is 0 Å². The quantitative estimate of drug-likeness (QED) is 0.300. The van der Waals surface area contributed by atoms with Gasteiger partial charge in [-0.05, 0) is 79.3 Å². The van der Waals surface area contributed by atoms with Crippen LogP contribution < -0.4 is 25.6 Å². The molecular weight excluding hydrogens is 610 g/mol. The van der Waals surface area contributed by atoms with Gasteiger partial charge < -0.3 is 25.6 Å². The maximum absolute atomic E-state index is 14.7. The van der Waals surface area contributed by atoms with Crippen LogP contribution in [0.4, 0.5) is 11.4 Å². The van der Waals surface area contributed by atoms with Crippen molar-refractivity contribution in [3.8, 4) is 11.8 Å². The molecule has 0 saturated heterocycles. The lowest BCUT2D eigenvalue weighted by Crippen LogP contribution is -2.63. The molecular formula is C33H30BrN5O4. The Morgan fingerprint density at radius 3 is 2.42 bits per heavy atom. The van der Waals surface area contributed by atoms with E-state index in [9.17, 15) is 19.6 Å². The van der Waals surface area contributed by atoms with Crippen molar-refractivity contribution in [2.45, 2.75) is 19.0 Å². The Hall–Kier alpha value is -4.72. The Balaban J connectivity index is 1.72. The molecule has 43 heavy (non-hydrogen) atoms. The average Bonchev–Trinajstić information content (AvgIpc) is 3.14. The fourth-order valence-corrected chi connectivity index (χ4v) is 5.92. The summed E-state index contributed by atoms with van der Waals surface area (Å²) in [6.07, 6.45) is 0. The van der Waals surface area contributed by atoms with Crippen molar-refractivity contribution in [2.75, 3.05) is 30.5 Å². The second-order valence-electron chi connectivity index (χ2n) is 10.5. The van der Waals surface area contributed by atoms with Crippen LogP contribution >= 0.6 is 15.9 Å². The Kier molecular flexibility index (Phi) is 8.22. The third-order valence-electron chi connectivity index (χ3n) is 8.21. The van der Waals surface area contributed by atoms with Gasteiger partial charge in [-0.2, -0.15) is 5.26 Å². The van der Waals surface area contributed by atoms with E-state index in [0.29, 0.717) is 28.3 Å². The number of rotatable bonds is 7. The average molecular weight is 641 g/mol. The molecule has 0 bridgehead atoms. The summed E-state index contributed by atoms with van der Waals surface area (Å²) in [4.78, 5) is 44.7. The summed E-state index contributed by atoms with van der Waals surface area (Å²) in [5.41, 5.74) is 6.92. The molecule has 3 N–H and O–H groups in total. The Morgan fingerprint density at radius 2 is 1.79 bits per heavy atom. The molecule has 1 heterocycles. The molecule has 0 spiro atoms. The number of nitrogens with zero attached hydrogens (tertiary/aromatic N) is 3. The van der Waals surface area contributed by atoms with Gasteiger partial charge in [-0.15, -0.1) is 0 Å². The third-order valence-corrected chi connectivity index (χ3v) is 8.71. The number of methoxy groups -OCH3 is 1. The number of nitrogens with one attached hydrogen (secondary N) is 1. The standard InChI is InChI=1S/C33H30BrN5O4/c1-33(37-2,32(36)42)26-19-39(30(40)21-10-8-20(17-35)9-11-21)28-7-5-4-6-27(28)38(31(26)41)18-25-24-14-13-23(34)16-22(24)12-15-29(25)43-3/h4-16,26,37H,18-19H2,1-3H3,(H2,36,42)/t26-,33?/m1/s1. The van der Waals surface area contributed by atoms with E-state index in [4.69, 9.17) is 10.5 Å². The minimum atomic E-state index is -1.49. The number of halogens is 1. The van der Waals surface area contributed by atoms with Crippen LogP contribution in [0.25, 0.3) is 10.8 Å². The SMILES string of the molecule is CNC(C)(C(N)=O)[C@@H]1CN(C(=O)c2ccc(C#N)cc2)c2ccccc2N(Cc2c(OC)ccc3cc(Br)ccc23)C1=O. The predicted octanol–water partition coefficient (Wildman–Crippen LogP) is 4.76. The van der Waals surface area contributed by atoms with E-state index in [-0.39, 0.29) is 24.9 Å². The number of likely N-dealkylation sites (N-methyl/N-ethyl adjacent to an activating group) is 1. The number of hydrogen-bond acceptors (Lipinski definition) is 6. The Labute approximate surface area is 258 Å². The van der Waals surface area contributed by atoms with Crippen LogP contribution in [0.5, 0.6) is 5.75 Å². The number of primary amides is 1. The van der Waals surface area contributed by atoms with Crippen molar-refractivity contribution in [2.24, 2.45) is 11.7 Å². The molecule has 5 rings (SSSR count). The third kappa shape index (κ3) is 5.33. The summed E-state index contributed by atoms with van der Waals surface area (Å²) >= 11 is 3.53. The minimum absolute atomic E-state index is 0.103. The second kappa shape index (κ2) is 11.9. The molecule has 1 aliphatic rings. The summed E-state index contributed by atoms with van der Waals surface area (Å²) in [6, 6.07) is 25.2. The molecule has 0 fully saturated rings. The number of fused-ring (bicyclic) bond motifs is 2. The van der Waals surface area contributed by atoms with Crippen molar-refractivity contribution in [3.63, 3.8) is 0 Å². The van der Waals surface area contributed by atoms with Crippen molar-refractivity contribution in [1.82, 2.24) is 5.32 Å². The van der Waals surface area contributed by atoms with Gasteiger partial charge in [0.2, 0.25) is 11.8 Å². The van der Waals surface area contributed by atoms with Gasteiger partial charge in [0, 0.05) is 22.1 Å². The van der Waals surface area contributed by atoms with Gasteiger partial charge in [0.25, 0.3) is 5.91 Å². The molecule has 0 aliphatic carbocycles. The van der Waals surface area contributed by atoms with E-state index in [2.05, 4.69) is 27.3 Å². The molecule has 218 valence electrons. The van der Waals surface area contributed by atoms with E-state index in [1.807, 2.05) is 30.3 Å². The van der Waals surface area contributed by atoms with Crippen LogP contribution in [-0.4, -0.2) is 44.0 Å². The number of carbonyl (C=O) groups is 3. The minimum Gasteiger partial charge on any atom is -0.496 e. The first kappa shape index (κ1) is 29.8. The van der Waals surface area contributed by atoms with Crippen molar-refractivity contribution < 1.29 is 19.1 Å². The lowest BCUT2D eigenvalue weighted by atomic mass is 9.83. The highest BCUT2D eigenvalue weighted by Crippen LogP contribution is 2.40. The van der Waals surface area contributed by atoms with Gasteiger partial charge in [-0.25, -0.2) is 0 Å². The predicted molar refractivity (Wildman–Crippen MR) is 169 cm³/mol. The number of para-hydroxylation sites is 2. The summed E-state index contributed by atoms with van der Waals surface area (Å²) in [6.45, 7) is 1.56. The van der Waals surface area contributed by atoms with Crippen molar-refractivity contribution in [1.29, 1.82) is 5.26 Å². The van der Waals surface area contributed by atoms with Crippen LogP contribution in [0.3, 0.4) is 0 Å². The highest BCUT2D eigenvalue weighted by atomic mass is 79.9. The molecule has 10 heteroatoms. The molecule has 4 aromatic carbocycles. The van der Waals surface area contributed by atoms with Crippen LogP contribution in [0, 0.1) is 17.2 Å². The Morgan fingerprint density at radius 1 is 1.09 bits per heavy atom. The van der Waals surface area contributed by atoms with Gasteiger partial charge in [0.15, 0.2) is 0 Å². The molecule has 3 amide bonds. The number of anilines is 2. The normalized spacial score (nSPS) is 16.2. The molecule has 1 unspecified atom stereocenters. The summed E-state index contributed by atoms with van der Waals surface area (Å²) < 4.78 is 6.66. The zero-order valence-electron chi connectivity index (χ0n) is 23.9. The first-order chi connectivity index (χ1) is 20.6. The van der Waals surface area contributed by atoms with E-state index in [1.165, 1.54) is 4.90 Å². The zero-order valence-corrected chi connectivity index (χ0v) is 25.5. The zero-order chi connectivity index (χ0) is 30.9. The van der Waals surface area contributed by atoms with E-state index < -0.39 is 17.4 Å². The fourth-order valence-electron chi connectivity index (χ4n) is 5.54. The van der Waals surface area contributed by atoms with E-state index >= 15 is 0 Å². The number of benzene rings is 4. The van der Waals surface area contributed by atoms with Crippen LogP contribution in [0.15, 0.2) is 83.3 Å². The van der Waals surface area contributed by atoms with Crippen molar-refractivity contribution >= 4 is 55.8 Å². The molecule has 9 nitrogen and oxygen atoms in total. The molecule has 0 saturated carbocycles. The summed E-state index contributed by atoms with van der Waals surface area (Å²) in [5.74, 6) is -1.95. The Bertz CT molecular complexity index is 1780. The second-order valence-corrected chi connectivity index (χ2v) is 11.4. The summed E-state index contributed by atoms with van der Waals surface area (Å²) in [7, 11) is 3.15. The van der Waals surface area contributed by atoms with Crippen LogP contribution in [0.2, 0.25) is 0 Å². The lowest BCUT2D eigenvalue weighted by Gasteiger charge is -2.36. The van der Waals surface area contributed by atoms with Crippen molar-refractivity contribution in [3.05, 3.63) is 100 Å². The number of carbonyl (C=O) groups excluding carboxylic acids is 3. The number of hydrogen-bond donors (Lipinski definition) is 2. The first-order valence-corrected chi connectivity index (χ1v) is 14.4. The monoisotopic (exact) mass is 639 g/mol. The summed E-state index contributed by atoms with van der Waals surface area (Å²) in [5, 5.41) is 14.0. The van der Waals surface area contributed by atoms with Gasteiger partial charge in [-0.3, -0.25) is 14.4 Å². The van der Waals surface area contributed by atoms with E-state index in [0.717, 1.165) is 20.8 Å². The maximum atomic E-state index is 14.7. The topological polar surface area (TPSA) is 129 Å². The molecule has 2 atom stereocenters. The smallest absolute Gasteiger partial charge is 0.258 e. The largest absolute Gasteiger partial charge is 0.496 e. The molecule has 0 radical (unpaired) electrons. The van der Waals surface area contributed by atoms with Gasteiger partial charge in [0.1, 0.15) is 11.3 Å². The number of nitriles is 1. The van der Waals surface area contributed by atoms with Gasteiger partial charge in [-0.1, -0.05) is 40.2 Å². The van der Waals surface area contributed by atoms with E-state index in [1.54, 1.807) is 74.5 Å². The highest BCUT2D eigenvalue weighted by molar-refractivity contribution is 9.10. The van der Waals surface area contributed by atoms with Crippen LogP contribution in [-0.2, 0) is 16.1 Å². The number of nitrogens with two attached hydrogens (primary N) is 1. The molecule has 4 aromatic rings.